The standard InChI is InChI=1S/C24H22N6O4/c1-15-19-12-17(13-26-22(19)30(28-15)20-6-4-5-11-25-20)24(33)34-14-21(31)27-18-9-7-16(8-10-18)23(32)29(2)3/h4-13H,14H2,1-3H3,(H,27,31). The summed E-state index contributed by atoms with van der Waals surface area (Å²) >= 11 is 0. The smallest absolute Gasteiger partial charge is 0.340 e. The third kappa shape index (κ3) is 4.75. The van der Waals surface area contributed by atoms with E-state index >= 15 is 0 Å². The number of hydrogen-bond donors (Lipinski definition) is 1. The van der Waals surface area contributed by atoms with Crippen LogP contribution in [0.15, 0.2) is 60.9 Å². The molecular weight excluding hydrogens is 436 g/mol. The molecule has 0 spiro atoms. The summed E-state index contributed by atoms with van der Waals surface area (Å²) in [5.74, 6) is -0.716. The number of esters is 1. The third-order valence-electron chi connectivity index (χ3n) is 4.97. The Morgan fingerprint density at radius 3 is 2.47 bits per heavy atom. The Hall–Kier alpha value is -4.60. The topological polar surface area (TPSA) is 119 Å². The fourth-order valence-corrected chi connectivity index (χ4v) is 3.26. The van der Waals surface area contributed by atoms with Crippen molar-refractivity contribution in [1.29, 1.82) is 0 Å². The quantitative estimate of drug-likeness (QED) is 0.441. The van der Waals surface area contributed by atoms with Gasteiger partial charge in [-0.3, -0.25) is 9.59 Å². The summed E-state index contributed by atoms with van der Waals surface area (Å²) in [4.78, 5) is 46.7. The normalized spacial score (nSPS) is 10.7. The molecule has 34 heavy (non-hydrogen) atoms. The van der Waals surface area contributed by atoms with Crippen molar-refractivity contribution in [3.05, 3.63) is 77.7 Å². The number of pyridine rings is 2. The van der Waals surface area contributed by atoms with E-state index in [0.717, 1.165) is 0 Å². The van der Waals surface area contributed by atoms with Crippen LogP contribution in [0.5, 0.6) is 0 Å². The molecule has 3 heterocycles. The molecule has 0 saturated carbocycles. The molecule has 0 radical (unpaired) electrons. The van der Waals surface area contributed by atoms with Crippen LogP contribution in [0, 0.1) is 6.92 Å². The maximum Gasteiger partial charge on any atom is 0.340 e. The Kier molecular flexibility index (Phi) is 6.30. The van der Waals surface area contributed by atoms with Crippen molar-refractivity contribution in [2.45, 2.75) is 6.92 Å². The molecule has 0 bridgehead atoms. The maximum absolute atomic E-state index is 12.5. The van der Waals surface area contributed by atoms with Gasteiger partial charge in [-0.1, -0.05) is 6.07 Å². The fourth-order valence-electron chi connectivity index (χ4n) is 3.26. The van der Waals surface area contributed by atoms with Crippen molar-refractivity contribution in [3.63, 3.8) is 0 Å². The van der Waals surface area contributed by atoms with Crippen LogP contribution in [-0.4, -0.2) is 63.1 Å². The van der Waals surface area contributed by atoms with Crippen LogP contribution < -0.4 is 5.32 Å². The Balaban J connectivity index is 1.40. The van der Waals surface area contributed by atoms with Gasteiger partial charge in [0.15, 0.2) is 18.1 Å². The maximum atomic E-state index is 12.5. The first kappa shape index (κ1) is 22.6. The number of carbonyl (C=O) groups is 3. The first-order valence-corrected chi connectivity index (χ1v) is 10.4. The van der Waals surface area contributed by atoms with Crippen LogP contribution in [0.2, 0.25) is 0 Å². The number of ether oxygens (including phenoxy) is 1. The molecule has 10 heteroatoms. The molecule has 0 aliphatic carbocycles. The summed E-state index contributed by atoms with van der Waals surface area (Å²) in [6, 6.07) is 13.5. The van der Waals surface area contributed by atoms with Gasteiger partial charge in [-0.2, -0.15) is 9.78 Å². The summed E-state index contributed by atoms with van der Waals surface area (Å²) in [6.45, 7) is 1.34. The molecule has 0 atom stereocenters. The lowest BCUT2D eigenvalue weighted by atomic mass is 10.2. The molecule has 2 amide bonds. The first-order chi connectivity index (χ1) is 16.3. The molecule has 4 aromatic rings. The Morgan fingerprint density at radius 1 is 1.03 bits per heavy atom. The average molecular weight is 458 g/mol. The molecule has 172 valence electrons. The highest BCUT2D eigenvalue weighted by Gasteiger charge is 2.16. The highest BCUT2D eigenvalue weighted by Crippen LogP contribution is 2.20. The zero-order valence-corrected chi connectivity index (χ0v) is 18.8. The predicted octanol–water partition coefficient (Wildman–Crippen LogP) is 2.62. The molecule has 10 nitrogen and oxygen atoms in total. The number of amides is 2. The summed E-state index contributed by atoms with van der Waals surface area (Å²) in [6.07, 6.45) is 3.04. The van der Waals surface area contributed by atoms with Crippen LogP contribution in [0.25, 0.3) is 16.9 Å². The highest BCUT2D eigenvalue weighted by molar-refractivity contribution is 5.98. The van der Waals surface area contributed by atoms with Gasteiger partial charge in [-0.25, -0.2) is 14.8 Å². The SMILES string of the molecule is Cc1nn(-c2ccccn2)c2ncc(C(=O)OCC(=O)Nc3ccc(C(=O)N(C)C)cc3)cc12. The summed E-state index contributed by atoms with van der Waals surface area (Å²) in [7, 11) is 3.32. The average Bonchev–Trinajstić information content (AvgIpc) is 3.19. The van der Waals surface area contributed by atoms with Crippen LogP contribution in [0.1, 0.15) is 26.4 Å². The molecular formula is C24H22N6O4. The second kappa shape index (κ2) is 9.49. The van der Waals surface area contributed by atoms with E-state index in [4.69, 9.17) is 4.74 Å². The Labute approximate surface area is 195 Å². The fraction of sp³-hybridized carbons (Fsp3) is 0.167. The van der Waals surface area contributed by atoms with Gasteiger partial charge in [-0.15, -0.1) is 0 Å². The summed E-state index contributed by atoms with van der Waals surface area (Å²) < 4.78 is 6.75. The number of anilines is 1. The molecule has 1 aromatic carbocycles. The van der Waals surface area contributed by atoms with Gasteiger partial charge in [0.05, 0.1) is 11.3 Å². The lowest BCUT2D eigenvalue weighted by Gasteiger charge is -2.11. The zero-order valence-electron chi connectivity index (χ0n) is 18.8. The molecule has 0 unspecified atom stereocenters. The van der Waals surface area contributed by atoms with E-state index in [1.165, 1.54) is 11.1 Å². The van der Waals surface area contributed by atoms with Gasteiger partial charge in [0.2, 0.25) is 0 Å². The number of rotatable bonds is 6. The van der Waals surface area contributed by atoms with Crippen LogP contribution in [0.3, 0.4) is 0 Å². The van der Waals surface area contributed by atoms with E-state index in [9.17, 15) is 14.4 Å². The lowest BCUT2D eigenvalue weighted by molar-refractivity contribution is -0.119. The predicted molar refractivity (Wildman–Crippen MR) is 125 cm³/mol. The number of nitrogens with zero attached hydrogens (tertiary/aromatic N) is 5. The Bertz CT molecular complexity index is 1360. The number of aryl methyl sites for hydroxylation is 1. The number of aromatic nitrogens is 4. The number of fused-ring (bicyclic) bond motifs is 1. The Morgan fingerprint density at radius 2 is 1.79 bits per heavy atom. The van der Waals surface area contributed by atoms with Crippen molar-refractivity contribution in [3.8, 4) is 5.82 Å². The number of carbonyl (C=O) groups excluding carboxylic acids is 3. The van der Waals surface area contributed by atoms with Crippen molar-refractivity contribution >= 4 is 34.5 Å². The molecule has 0 aliphatic rings. The highest BCUT2D eigenvalue weighted by atomic mass is 16.5. The van der Waals surface area contributed by atoms with Crippen molar-refractivity contribution in [1.82, 2.24) is 24.6 Å². The van der Waals surface area contributed by atoms with E-state index in [0.29, 0.717) is 33.8 Å². The van der Waals surface area contributed by atoms with Gasteiger partial charge in [0, 0.05) is 43.1 Å². The van der Waals surface area contributed by atoms with E-state index in [2.05, 4.69) is 20.4 Å². The zero-order chi connectivity index (χ0) is 24.2. The van der Waals surface area contributed by atoms with Crippen LogP contribution >= 0.6 is 0 Å². The number of hydrogen-bond acceptors (Lipinski definition) is 7. The molecule has 0 saturated heterocycles. The number of nitrogens with one attached hydrogen (secondary N) is 1. The van der Waals surface area contributed by atoms with E-state index in [1.807, 2.05) is 19.1 Å². The van der Waals surface area contributed by atoms with Gasteiger partial charge < -0.3 is 15.0 Å². The van der Waals surface area contributed by atoms with Gasteiger partial charge in [0.25, 0.3) is 11.8 Å². The second-order valence-corrected chi connectivity index (χ2v) is 7.68. The second-order valence-electron chi connectivity index (χ2n) is 7.68. The van der Waals surface area contributed by atoms with Gasteiger partial charge in [0.1, 0.15) is 0 Å². The van der Waals surface area contributed by atoms with Crippen LogP contribution in [-0.2, 0) is 9.53 Å². The minimum Gasteiger partial charge on any atom is -0.452 e. The molecule has 0 aliphatic heterocycles. The van der Waals surface area contributed by atoms with Gasteiger partial charge in [-0.05, 0) is 49.4 Å². The molecule has 4 rings (SSSR count). The van der Waals surface area contributed by atoms with E-state index < -0.39 is 18.5 Å². The lowest BCUT2D eigenvalue weighted by Crippen LogP contribution is -2.22. The molecule has 3 aromatic heterocycles. The molecule has 0 fully saturated rings. The van der Waals surface area contributed by atoms with E-state index in [-0.39, 0.29) is 11.5 Å². The van der Waals surface area contributed by atoms with Crippen molar-refractivity contribution in [2.75, 3.05) is 26.0 Å². The molecule has 1 N–H and O–H groups in total. The van der Waals surface area contributed by atoms with Gasteiger partial charge >= 0.3 is 5.97 Å². The van der Waals surface area contributed by atoms with Crippen molar-refractivity contribution in [2.24, 2.45) is 0 Å². The monoisotopic (exact) mass is 458 g/mol. The van der Waals surface area contributed by atoms with E-state index in [1.54, 1.807) is 61.4 Å². The first-order valence-electron chi connectivity index (χ1n) is 10.4. The van der Waals surface area contributed by atoms with Crippen molar-refractivity contribution < 1.29 is 19.1 Å². The summed E-state index contributed by atoms with van der Waals surface area (Å²) in [5, 5.41) is 7.76. The number of benzene rings is 1. The summed E-state index contributed by atoms with van der Waals surface area (Å²) in [5.41, 5.74) is 2.42. The minimum absolute atomic E-state index is 0.141. The third-order valence-corrected chi connectivity index (χ3v) is 4.97. The minimum atomic E-state index is -0.679. The largest absolute Gasteiger partial charge is 0.452 e. The van der Waals surface area contributed by atoms with Crippen LogP contribution in [0.4, 0.5) is 5.69 Å².